The number of hydrogen-bond donors (Lipinski definition) is 0. The number of methoxy groups -OCH3 is 1. The van der Waals surface area contributed by atoms with Gasteiger partial charge in [0.2, 0.25) is 0 Å². The van der Waals surface area contributed by atoms with E-state index >= 15 is 0 Å². The molecule has 1 heterocycles. The summed E-state index contributed by atoms with van der Waals surface area (Å²) in [7, 11) is 1.70. The summed E-state index contributed by atoms with van der Waals surface area (Å²) in [4.78, 5) is 2.42. The first-order valence-corrected chi connectivity index (χ1v) is 6.66. The van der Waals surface area contributed by atoms with Gasteiger partial charge in [0.15, 0.2) is 0 Å². The first-order valence-electron chi connectivity index (χ1n) is 6.66. The summed E-state index contributed by atoms with van der Waals surface area (Å²) in [6, 6.07) is 0.616. The first kappa shape index (κ1) is 15.0. The van der Waals surface area contributed by atoms with Crippen molar-refractivity contribution in [3.8, 4) is 0 Å². The second-order valence-corrected chi connectivity index (χ2v) is 4.39. The minimum absolute atomic E-state index is 0.616. The Bertz CT molecular complexity index is 291. The zero-order valence-corrected chi connectivity index (χ0v) is 11.6. The van der Waals surface area contributed by atoms with Crippen LogP contribution in [0.1, 0.15) is 26.2 Å². The minimum Gasteiger partial charge on any atom is -0.497 e. The highest BCUT2D eigenvalue weighted by atomic mass is 16.5. The molecule has 0 amide bonds. The van der Waals surface area contributed by atoms with Crippen molar-refractivity contribution in [3.05, 3.63) is 36.6 Å². The third kappa shape index (κ3) is 5.07. The molecule has 3 heteroatoms. The molecule has 1 saturated heterocycles. The van der Waals surface area contributed by atoms with Gasteiger partial charge in [-0.1, -0.05) is 25.7 Å². The lowest BCUT2D eigenvalue weighted by atomic mass is 10.1. The van der Waals surface area contributed by atoms with Crippen molar-refractivity contribution in [1.29, 1.82) is 0 Å². The molecule has 0 aromatic heterocycles. The van der Waals surface area contributed by atoms with Crippen LogP contribution >= 0.6 is 0 Å². The molecule has 18 heavy (non-hydrogen) atoms. The molecule has 0 saturated carbocycles. The van der Waals surface area contributed by atoms with Gasteiger partial charge in [0.25, 0.3) is 0 Å². The molecule has 1 atom stereocenters. The Hall–Kier alpha value is -1.06. The van der Waals surface area contributed by atoms with E-state index in [1.165, 1.54) is 6.42 Å². The first-order chi connectivity index (χ1) is 8.81. The predicted octanol–water partition coefficient (Wildman–Crippen LogP) is 3.11. The van der Waals surface area contributed by atoms with Gasteiger partial charge in [-0.2, -0.15) is 0 Å². The van der Waals surface area contributed by atoms with Crippen LogP contribution in [0.3, 0.4) is 0 Å². The third-order valence-corrected chi connectivity index (χ3v) is 3.25. The van der Waals surface area contributed by atoms with Gasteiger partial charge in [-0.3, -0.25) is 4.90 Å². The number of nitrogens with zero attached hydrogens (tertiary/aromatic N) is 1. The molecule has 102 valence electrons. The SMILES string of the molecule is C=C/C=C\C(=C/CCC(CC)N1CCOC1)OC. The third-order valence-electron chi connectivity index (χ3n) is 3.25. The fourth-order valence-electron chi connectivity index (χ4n) is 2.16. The Morgan fingerprint density at radius 2 is 2.39 bits per heavy atom. The maximum atomic E-state index is 5.41. The van der Waals surface area contributed by atoms with Crippen LogP contribution in [0.15, 0.2) is 36.6 Å². The van der Waals surface area contributed by atoms with Crippen LogP contribution in [0.2, 0.25) is 0 Å². The predicted molar refractivity (Wildman–Crippen MR) is 75.3 cm³/mol. The molecule has 0 bridgehead atoms. The second kappa shape index (κ2) is 8.95. The number of ether oxygens (including phenoxy) is 2. The quantitative estimate of drug-likeness (QED) is 0.489. The van der Waals surface area contributed by atoms with Crippen molar-refractivity contribution < 1.29 is 9.47 Å². The molecule has 1 aliphatic rings. The van der Waals surface area contributed by atoms with Gasteiger partial charge >= 0.3 is 0 Å². The van der Waals surface area contributed by atoms with Gasteiger partial charge in [0.1, 0.15) is 5.76 Å². The molecule has 0 aromatic carbocycles. The largest absolute Gasteiger partial charge is 0.497 e. The van der Waals surface area contributed by atoms with E-state index in [0.29, 0.717) is 6.04 Å². The lowest BCUT2D eigenvalue weighted by Gasteiger charge is -2.24. The van der Waals surface area contributed by atoms with Crippen molar-refractivity contribution in [2.24, 2.45) is 0 Å². The lowest BCUT2D eigenvalue weighted by molar-refractivity contribution is 0.109. The summed E-state index contributed by atoms with van der Waals surface area (Å²) in [5, 5.41) is 0. The second-order valence-electron chi connectivity index (χ2n) is 4.39. The summed E-state index contributed by atoms with van der Waals surface area (Å²) in [5.74, 6) is 0.905. The lowest BCUT2D eigenvalue weighted by Crippen LogP contribution is -2.32. The van der Waals surface area contributed by atoms with Crippen LogP contribution in [0.25, 0.3) is 0 Å². The van der Waals surface area contributed by atoms with Crippen molar-refractivity contribution in [1.82, 2.24) is 4.90 Å². The van der Waals surface area contributed by atoms with Crippen LogP contribution in [0, 0.1) is 0 Å². The summed E-state index contributed by atoms with van der Waals surface area (Å²) in [6.07, 6.45) is 11.1. The van der Waals surface area contributed by atoms with Crippen molar-refractivity contribution in [2.45, 2.75) is 32.2 Å². The maximum absolute atomic E-state index is 5.41. The molecule has 0 spiro atoms. The minimum atomic E-state index is 0.616. The molecule has 3 nitrogen and oxygen atoms in total. The summed E-state index contributed by atoms with van der Waals surface area (Å²) >= 11 is 0. The molecular formula is C15H25NO2. The highest BCUT2D eigenvalue weighted by molar-refractivity contribution is 5.15. The van der Waals surface area contributed by atoms with Crippen molar-refractivity contribution in [2.75, 3.05) is 27.0 Å². The molecule has 0 N–H and O–H groups in total. The molecule has 1 aliphatic heterocycles. The van der Waals surface area contributed by atoms with E-state index in [0.717, 1.165) is 38.5 Å². The number of allylic oxidation sites excluding steroid dienone is 4. The van der Waals surface area contributed by atoms with Crippen LogP contribution in [-0.2, 0) is 9.47 Å². The van der Waals surface area contributed by atoms with E-state index in [1.807, 2.05) is 12.2 Å². The molecule has 0 aliphatic carbocycles. The summed E-state index contributed by atoms with van der Waals surface area (Å²) in [6.45, 7) is 8.61. The highest BCUT2D eigenvalue weighted by Crippen LogP contribution is 2.15. The zero-order chi connectivity index (χ0) is 13.2. The summed E-state index contributed by atoms with van der Waals surface area (Å²) in [5.41, 5.74) is 0. The van der Waals surface area contributed by atoms with Crippen molar-refractivity contribution in [3.63, 3.8) is 0 Å². The van der Waals surface area contributed by atoms with Gasteiger partial charge < -0.3 is 9.47 Å². The molecule has 1 rings (SSSR count). The van der Waals surface area contributed by atoms with E-state index in [4.69, 9.17) is 9.47 Å². The van der Waals surface area contributed by atoms with E-state index in [2.05, 4.69) is 24.5 Å². The van der Waals surface area contributed by atoms with E-state index in [1.54, 1.807) is 13.2 Å². The van der Waals surface area contributed by atoms with E-state index in [-0.39, 0.29) is 0 Å². The fourth-order valence-corrected chi connectivity index (χ4v) is 2.16. The number of hydrogen-bond acceptors (Lipinski definition) is 3. The van der Waals surface area contributed by atoms with Crippen molar-refractivity contribution >= 4 is 0 Å². The van der Waals surface area contributed by atoms with Gasteiger partial charge in [0.05, 0.1) is 20.4 Å². The zero-order valence-electron chi connectivity index (χ0n) is 11.6. The van der Waals surface area contributed by atoms with Crippen LogP contribution < -0.4 is 0 Å². The Kier molecular flexibility index (Phi) is 7.46. The van der Waals surface area contributed by atoms with Gasteiger partial charge in [-0.05, 0) is 31.4 Å². The van der Waals surface area contributed by atoms with Crippen LogP contribution in [0.4, 0.5) is 0 Å². The topological polar surface area (TPSA) is 21.7 Å². The van der Waals surface area contributed by atoms with Gasteiger partial charge in [-0.25, -0.2) is 0 Å². The normalized spacial score (nSPS) is 19.3. The van der Waals surface area contributed by atoms with Crippen LogP contribution in [0.5, 0.6) is 0 Å². The van der Waals surface area contributed by atoms with Crippen LogP contribution in [-0.4, -0.2) is 37.9 Å². The Balaban J connectivity index is 2.38. The molecule has 1 unspecified atom stereocenters. The molecule has 1 fully saturated rings. The monoisotopic (exact) mass is 251 g/mol. The van der Waals surface area contributed by atoms with E-state index < -0.39 is 0 Å². The fraction of sp³-hybridized carbons (Fsp3) is 0.600. The average Bonchev–Trinajstić information content (AvgIpc) is 2.92. The smallest absolute Gasteiger partial charge is 0.114 e. The Morgan fingerprint density at radius 3 is 2.94 bits per heavy atom. The Labute approximate surface area is 111 Å². The maximum Gasteiger partial charge on any atom is 0.114 e. The number of rotatable bonds is 8. The molecule has 0 radical (unpaired) electrons. The summed E-state index contributed by atoms with van der Waals surface area (Å²) < 4.78 is 10.7. The van der Waals surface area contributed by atoms with E-state index in [9.17, 15) is 0 Å². The standard InChI is InChI=1S/C15H25NO2/c1-4-6-9-15(17-3)10-7-8-14(5-2)16-11-12-18-13-16/h4,6,9-10,14H,1,5,7-8,11-13H2,2-3H3/b9-6-,15-10+. The van der Waals surface area contributed by atoms with Gasteiger partial charge in [0, 0.05) is 12.6 Å². The highest BCUT2D eigenvalue weighted by Gasteiger charge is 2.19. The van der Waals surface area contributed by atoms with Gasteiger partial charge in [-0.15, -0.1) is 0 Å². The average molecular weight is 251 g/mol. The Morgan fingerprint density at radius 1 is 1.56 bits per heavy atom. The molecule has 0 aromatic rings. The molecular weight excluding hydrogens is 226 g/mol.